The van der Waals surface area contributed by atoms with E-state index in [1.54, 1.807) is 4.68 Å². The molecule has 1 aromatic heterocycles. The lowest BCUT2D eigenvalue weighted by Crippen LogP contribution is -2.20. The highest BCUT2D eigenvalue weighted by atomic mass is 16.1. The van der Waals surface area contributed by atoms with E-state index < -0.39 is 0 Å². The Bertz CT molecular complexity index is 362. The molecule has 0 aliphatic heterocycles. The van der Waals surface area contributed by atoms with Crippen molar-refractivity contribution in [2.45, 2.75) is 39.0 Å². The number of aromatic nitrogens is 2. The van der Waals surface area contributed by atoms with Gasteiger partial charge in [0.05, 0.1) is 5.69 Å². The Morgan fingerprint density at radius 1 is 1.40 bits per heavy atom. The summed E-state index contributed by atoms with van der Waals surface area (Å²) in [4.78, 5) is 12.2. The molecule has 0 aromatic carbocycles. The molecular formula is C12H18N2O. The summed E-state index contributed by atoms with van der Waals surface area (Å²) < 4.78 is 1.71. The fraction of sp³-hybridized carbons (Fsp3) is 0.667. The Hall–Kier alpha value is -1.12. The predicted molar refractivity (Wildman–Crippen MR) is 58.9 cm³/mol. The third-order valence-corrected chi connectivity index (χ3v) is 3.23. The van der Waals surface area contributed by atoms with Crippen molar-refractivity contribution in [1.82, 2.24) is 9.78 Å². The highest BCUT2D eigenvalue weighted by Gasteiger charge is 2.24. The quantitative estimate of drug-likeness (QED) is 0.697. The molecule has 82 valence electrons. The summed E-state index contributed by atoms with van der Waals surface area (Å²) in [5.74, 6) is 0.534. The first-order valence-electron chi connectivity index (χ1n) is 5.73. The molecule has 0 radical (unpaired) electrons. The van der Waals surface area contributed by atoms with E-state index in [1.165, 1.54) is 19.3 Å². The molecule has 15 heavy (non-hydrogen) atoms. The fourth-order valence-electron chi connectivity index (χ4n) is 2.42. The number of Topliss-reactive ketones (excluding diaryl/α,β-unsaturated/α-hetero) is 1. The van der Waals surface area contributed by atoms with Crippen LogP contribution in [-0.2, 0) is 7.05 Å². The van der Waals surface area contributed by atoms with Crippen molar-refractivity contribution >= 4 is 5.78 Å². The van der Waals surface area contributed by atoms with Crippen LogP contribution in [0.3, 0.4) is 0 Å². The summed E-state index contributed by atoms with van der Waals surface area (Å²) in [6.45, 7) is 1.93. The minimum atomic E-state index is 0.244. The minimum Gasteiger partial charge on any atom is -0.292 e. The second-order valence-electron chi connectivity index (χ2n) is 4.49. The summed E-state index contributed by atoms with van der Waals surface area (Å²) in [5.41, 5.74) is 1.70. The molecule has 1 heterocycles. The molecule has 1 aliphatic carbocycles. The number of hydrogen-bond acceptors (Lipinski definition) is 2. The number of nitrogens with zero attached hydrogens (tertiary/aromatic N) is 2. The van der Waals surface area contributed by atoms with E-state index in [0.29, 0.717) is 0 Å². The summed E-state index contributed by atoms with van der Waals surface area (Å²) in [6, 6.07) is 1.90. The predicted octanol–water partition coefficient (Wildman–Crippen LogP) is 2.49. The average Bonchev–Trinajstić information content (AvgIpc) is 2.58. The van der Waals surface area contributed by atoms with Gasteiger partial charge in [0.2, 0.25) is 0 Å². The molecular weight excluding hydrogens is 188 g/mol. The number of rotatable bonds is 2. The van der Waals surface area contributed by atoms with E-state index in [4.69, 9.17) is 0 Å². The van der Waals surface area contributed by atoms with Crippen molar-refractivity contribution < 1.29 is 4.79 Å². The second kappa shape index (κ2) is 4.17. The van der Waals surface area contributed by atoms with Crippen LogP contribution in [0.5, 0.6) is 0 Å². The first-order valence-corrected chi connectivity index (χ1v) is 5.73. The highest BCUT2D eigenvalue weighted by Crippen LogP contribution is 2.26. The maximum Gasteiger partial charge on any atom is 0.183 e. The van der Waals surface area contributed by atoms with Gasteiger partial charge in [-0.05, 0) is 25.8 Å². The molecule has 1 aromatic rings. The molecule has 0 amide bonds. The Morgan fingerprint density at radius 2 is 2.07 bits per heavy atom. The van der Waals surface area contributed by atoms with Crippen LogP contribution in [0.25, 0.3) is 0 Å². The monoisotopic (exact) mass is 206 g/mol. The van der Waals surface area contributed by atoms with Gasteiger partial charge in [-0.25, -0.2) is 0 Å². The SMILES string of the molecule is Cc1cc(C(=O)C2CCCCC2)n(C)n1. The van der Waals surface area contributed by atoms with Crippen molar-refractivity contribution in [3.8, 4) is 0 Å². The standard InChI is InChI=1S/C12H18N2O/c1-9-8-11(14(2)13-9)12(15)10-6-4-3-5-7-10/h8,10H,3-7H2,1-2H3. The van der Waals surface area contributed by atoms with Gasteiger partial charge in [-0.15, -0.1) is 0 Å². The molecule has 1 aliphatic rings. The van der Waals surface area contributed by atoms with Crippen LogP contribution in [0.4, 0.5) is 0 Å². The normalized spacial score (nSPS) is 18.0. The number of carbonyl (C=O) groups is 1. The third-order valence-electron chi connectivity index (χ3n) is 3.23. The number of aryl methyl sites for hydroxylation is 2. The third kappa shape index (κ3) is 2.11. The van der Waals surface area contributed by atoms with Crippen LogP contribution < -0.4 is 0 Å². The van der Waals surface area contributed by atoms with Crippen molar-refractivity contribution in [2.75, 3.05) is 0 Å². The van der Waals surface area contributed by atoms with E-state index in [0.717, 1.165) is 24.2 Å². The summed E-state index contributed by atoms with van der Waals surface area (Å²) in [6.07, 6.45) is 5.81. The van der Waals surface area contributed by atoms with Gasteiger partial charge in [0.15, 0.2) is 5.78 Å². The van der Waals surface area contributed by atoms with Crippen molar-refractivity contribution in [3.63, 3.8) is 0 Å². The maximum atomic E-state index is 12.2. The molecule has 3 heteroatoms. The van der Waals surface area contributed by atoms with Gasteiger partial charge in [0, 0.05) is 13.0 Å². The first kappa shape index (κ1) is 10.4. The summed E-state index contributed by atoms with van der Waals surface area (Å²) in [5, 5.41) is 4.22. The zero-order chi connectivity index (χ0) is 10.8. The molecule has 0 bridgehead atoms. The summed E-state index contributed by atoms with van der Waals surface area (Å²) in [7, 11) is 1.85. The molecule has 0 atom stereocenters. The Kier molecular flexibility index (Phi) is 2.89. The zero-order valence-corrected chi connectivity index (χ0v) is 9.49. The molecule has 1 saturated carbocycles. The average molecular weight is 206 g/mol. The number of hydrogen-bond donors (Lipinski definition) is 0. The lowest BCUT2D eigenvalue weighted by molar-refractivity contribution is 0.0879. The Balaban J connectivity index is 2.16. The Labute approximate surface area is 90.5 Å². The van der Waals surface area contributed by atoms with Crippen LogP contribution in [0.2, 0.25) is 0 Å². The first-order chi connectivity index (χ1) is 7.18. The van der Waals surface area contributed by atoms with Crippen LogP contribution in [0.1, 0.15) is 48.3 Å². The molecule has 3 nitrogen and oxygen atoms in total. The minimum absolute atomic E-state index is 0.244. The van der Waals surface area contributed by atoms with Gasteiger partial charge in [-0.3, -0.25) is 9.48 Å². The van der Waals surface area contributed by atoms with Gasteiger partial charge in [0.1, 0.15) is 5.69 Å². The number of ketones is 1. The van der Waals surface area contributed by atoms with Gasteiger partial charge in [0.25, 0.3) is 0 Å². The lowest BCUT2D eigenvalue weighted by atomic mass is 9.85. The van der Waals surface area contributed by atoms with E-state index in [-0.39, 0.29) is 11.7 Å². The summed E-state index contributed by atoms with van der Waals surface area (Å²) >= 11 is 0. The highest BCUT2D eigenvalue weighted by molar-refractivity contribution is 5.96. The molecule has 0 unspecified atom stereocenters. The maximum absolute atomic E-state index is 12.2. The van der Waals surface area contributed by atoms with Gasteiger partial charge < -0.3 is 0 Å². The molecule has 0 spiro atoms. The van der Waals surface area contributed by atoms with E-state index >= 15 is 0 Å². The van der Waals surface area contributed by atoms with Gasteiger partial charge in [-0.2, -0.15) is 5.10 Å². The molecule has 0 saturated heterocycles. The van der Waals surface area contributed by atoms with Crippen LogP contribution in [0, 0.1) is 12.8 Å². The van der Waals surface area contributed by atoms with Crippen molar-refractivity contribution in [2.24, 2.45) is 13.0 Å². The Morgan fingerprint density at radius 3 is 2.60 bits per heavy atom. The van der Waals surface area contributed by atoms with Crippen molar-refractivity contribution in [1.29, 1.82) is 0 Å². The van der Waals surface area contributed by atoms with Crippen molar-refractivity contribution in [3.05, 3.63) is 17.5 Å². The van der Waals surface area contributed by atoms with Crippen LogP contribution >= 0.6 is 0 Å². The molecule has 0 N–H and O–H groups in total. The van der Waals surface area contributed by atoms with Gasteiger partial charge in [-0.1, -0.05) is 19.3 Å². The lowest BCUT2D eigenvalue weighted by Gasteiger charge is -2.19. The van der Waals surface area contributed by atoms with Crippen LogP contribution in [-0.4, -0.2) is 15.6 Å². The van der Waals surface area contributed by atoms with E-state index in [1.807, 2.05) is 20.0 Å². The topological polar surface area (TPSA) is 34.9 Å². The molecule has 1 fully saturated rings. The van der Waals surface area contributed by atoms with E-state index in [9.17, 15) is 4.79 Å². The molecule has 2 rings (SSSR count). The van der Waals surface area contributed by atoms with Crippen LogP contribution in [0.15, 0.2) is 6.07 Å². The largest absolute Gasteiger partial charge is 0.292 e. The number of carbonyl (C=O) groups excluding carboxylic acids is 1. The smallest absolute Gasteiger partial charge is 0.183 e. The zero-order valence-electron chi connectivity index (χ0n) is 9.49. The van der Waals surface area contributed by atoms with E-state index in [2.05, 4.69) is 5.10 Å². The second-order valence-corrected chi connectivity index (χ2v) is 4.49. The fourth-order valence-corrected chi connectivity index (χ4v) is 2.42. The van der Waals surface area contributed by atoms with Gasteiger partial charge >= 0.3 is 0 Å².